The molecule has 1 saturated heterocycles. The third-order valence-electron chi connectivity index (χ3n) is 5.38. The SMILES string of the molecule is O=[S@@]1c2ccc(Cl)cc2C[C@H](N2CCN(CCO)CC2)c2ccccc21. The van der Waals surface area contributed by atoms with Crippen LogP contribution < -0.4 is 0 Å². The van der Waals surface area contributed by atoms with E-state index in [1.807, 2.05) is 36.4 Å². The summed E-state index contributed by atoms with van der Waals surface area (Å²) >= 11 is 6.23. The third-order valence-corrected chi connectivity index (χ3v) is 7.18. The summed E-state index contributed by atoms with van der Waals surface area (Å²) in [6.07, 6.45) is 0.818. The number of β-amino-alcohol motifs (C(OH)–C–C–N with tert-alkyl or cyclic N) is 1. The lowest BCUT2D eigenvalue weighted by Gasteiger charge is -2.39. The summed E-state index contributed by atoms with van der Waals surface area (Å²) in [6, 6.07) is 14.0. The number of halogens is 1. The van der Waals surface area contributed by atoms with E-state index in [4.69, 9.17) is 16.7 Å². The molecule has 138 valence electrons. The average molecular weight is 391 g/mol. The third kappa shape index (κ3) is 3.47. The monoisotopic (exact) mass is 390 g/mol. The molecule has 2 aliphatic heterocycles. The molecule has 1 N–H and O–H groups in total. The number of nitrogens with zero attached hydrogens (tertiary/aromatic N) is 2. The Morgan fingerprint density at radius 2 is 1.85 bits per heavy atom. The van der Waals surface area contributed by atoms with E-state index in [0.29, 0.717) is 5.02 Å². The number of piperazine rings is 1. The fraction of sp³-hybridized carbons (Fsp3) is 0.400. The molecule has 0 radical (unpaired) electrons. The predicted molar refractivity (Wildman–Crippen MR) is 104 cm³/mol. The number of benzene rings is 2. The van der Waals surface area contributed by atoms with Gasteiger partial charge in [-0.05, 0) is 41.8 Å². The summed E-state index contributed by atoms with van der Waals surface area (Å²) in [6.45, 7) is 4.73. The first-order valence-corrected chi connectivity index (χ1v) is 10.6. The Morgan fingerprint density at radius 3 is 2.62 bits per heavy atom. The lowest BCUT2D eigenvalue weighted by Crippen LogP contribution is -2.48. The summed E-state index contributed by atoms with van der Waals surface area (Å²) < 4.78 is 13.2. The van der Waals surface area contributed by atoms with Gasteiger partial charge in [0.15, 0.2) is 0 Å². The summed E-state index contributed by atoms with van der Waals surface area (Å²) in [4.78, 5) is 6.57. The zero-order valence-electron chi connectivity index (χ0n) is 14.6. The summed E-state index contributed by atoms with van der Waals surface area (Å²) in [7, 11) is -1.18. The lowest BCUT2D eigenvalue weighted by atomic mass is 9.96. The fourth-order valence-electron chi connectivity index (χ4n) is 4.02. The Bertz CT molecular complexity index is 821. The van der Waals surface area contributed by atoms with E-state index in [0.717, 1.165) is 60.1 Å². The Morgan fingerprint density at radius 1 is 1.08 bits per heavy atom. The maximum Gasteiger partial charge on any atom is 0.0855 e. The summed E-state index contributed by atoms with van der Waals surface area (Å²) in [5.41, 5.74) is 2.24. The highest BCUT2D eigenvalue weighted by Crippen LogP contribution is 2.38. The molecule has 26 heavy (non-hydrogen) atoms. The Balaban J connectivity index is 1.70. The van der Waals surface area contributed by atoms with Crippen molar-refractivity contribution in [1.82, 2.24) is 9.80 Å². The topological polar surface area (TPSA) is 43.8 Å². The molecule has 0 bridgehead atoms. The highest BCUT2D eigenvalue weighted by molar-refractivity contribution is 7.85. The zero-order valence-corrected chi connectivity index (χ0v) is 16.2. The van der Waals surface area contributed by atoms with E-state index in [9.17, 15) is 4.21 Å². The van der Waals surface area contributed by atoms with Gasteiger partial charge in [-0.15, -0.1) is 0 Å². The van der Waals surface area contributed by atoms with Gasteiger partial charge in [0.05, 0.1) is 17.4 Å². The van der Waals surface area contributed by atoms with Gasteiger partial charge in [0.25, 0.3) is 0 Å². The molecule has 4 rings (SSSR count). The number of aliphatic hydroxyl groups is 1. The van der Waals surface area contributed by atoms with Gasteiger partial charge in [-0.25, -0.2) is 4.21 Å². The molecule has 0 spiro atoms. The van der Waals surface area contributed by atoms with Crippen LogP contribution in [0.2, 0.25) is 5.02 Å². The van der Waals surface area contributed by atoms with Crippen molar-refractivity contribution < 1.29 is 9.32 Å². The molecule has 2 aromatic rings. The number of aliphatic hydroxyl groups excluding tert-OH is 1. The molecule has 6 heteroatoms. The molecule has 2 aliphatic rings. The van der Waals surface area contributed by atoms with Crippen LogP contribution >= 0.6 is 11.6 Å². The second-order valence-electron chi connectivity index (χ2n) is 6.88. The van der Waals surface area contributed by atoms with Gasteiger partial charge < -0.3 is 5.11 Å². The Labute approximate surface area is 161 Å². The van der Waals surface area contributed by atoms with Crippen molar-refractivity contribution >= 4 is 22.4 Å². The van der Waals surface area contributed by atoms with Gasteiger partial charge in [0.2, 0.25) is 0 Å². The van der Waals surface area contributed by atoms with Crippen LogP contribution in [0.4, 0.5) is 0 Å². The zero-order chi connectivity index (χ0) is 18.1. The molecule has 2 atom stereocenters. The number of fused-ring (bicyclic) bond motifs is 2. The lowest BCUT2D eigenvalue weighted by molar-refractivity contribution is 0.0823. The summed E-state index contributed by atoms with van der Waals surface area (Å²) in [5.74, 6) is 0. The molecule has 4 nitrogen and oxygen atoms in total. The largest absolute Gasteiger partial charge is 0.395 e. The van der Waals surface area contributed by atoms with E-state index < -0.39 is 10.8 Å². The van der Waals surface area contributed by atoms with Crippen molar-refractivity contribution in [2.75, 3.05) is 39.3 Å². The molecule has 0 unspecified atom stereocenters. The quantitative estimate of drug-likeness (QED) is 0.875. The van der Waals surface area contributed by atoms with Gasteiger partial charge in [-0.1, -0.05) is 29.8 Å². The minimum atomic E-state index is -1.18. The van der Waals surface area contributed by atoms with E-state index in [1.54, 1.807) is 0 Å². The number of rotatable bonds is 3. The first kappa shape index (κ1) is 18.1. The number of hydrogen-bond donors (Lipinski definition) is 1. The van der Waals surface area contributed by atoms with Crippen LogP contribution in [0.15, 0.2) is 52.3 Å². The second kappa shape index (κ2) is 7.79. The van der Waals surface area contributed by atoms with Gasteiger partial charge in [-0.3, -0.25) is 9.80 Å². The molecule has 2 heterocycles. The molecular weight excluding hydrogens is 368 g/mol. The Kier molecular flexibility index (Phi) is 5.43. The number of hydrogen-bond acceptors (Lipinski definition) is 4. The maximum atomic E-state index is 13.2. The van der Waals surface area contributed by atoms with E-state index in [-0.39, 0.29) is 12.6 Å². The fourth-order valence-corrected chi connectivity index (χ4v) is 5.64. The van der Waals surface area contributed by atoms with E-state index in [1.165, 1.54) is 0 Å². The predicted octanol–water partition coefficient (Wildman–Crippen LogP) is 2.71. The van der Waals surface area contributed by atoms with Crippen LogP contribution in [0, 0.1) is 0 Å². The minimum absolute atomic E-state index is 0.200. The van der Waals surface area contributed by atoms with Gasteiger partial charge in [0, 0.05) is 53.6 Å². The van der Waals surface area contributed by atoms with Gasteiger partial charge >= 0.3 is 0 Å². The summed E-state index contributed by atoms with van der Waals surface area (Å²) in [5, 5.41) is 9.86. The molecule has 0 saturated carbocycles. The first-order chi connectivity index (χ1) is 12.7. The van der Waals surface area contributed by atoms with Gasteiger partial charge in [-0.2, -0.15) is 0 Å². The van der Waals surface area contributed by atoms with E-state index >= 15 is 0 Å². The van der Waals surface area contributed by atoms with Crippen molar-refractivity contribution in [3.05, 3.63) is 58.6 Å². The van der Waals surface area contributed by atoms with Crippen molar-refractivity contribution in [1.29, 1.82) is 0 Å². The molecule has 1 fully saturated rings. The van der Waals surface area contributed by atoms with Crippen molar-refractivity contribution in [3.63, 3.8) is 0 Å². The highest BCUT2D eigenvalue weighted by Gasteiger charge is 2.32. The standard InChI is InChI=1S/C20H23ClN2O2S/c21-16-5-6-19-15(13-16)14-18(17-3-1-2-4-20(17)26(19)25)23-9-7-22(8-10-23)11-12-24/h1-6,13,18,24H,7-12,14H2/t18-,26+/m0/s1. The van der Waals surface area contributed by atoms with Crippen molar-refractivity contribution in [3.8, 4) is 0 Å². The molecular formula is C20H23ClN2O2S. The van der Waals surface area contributed by atoms with Crippen LogP contribution in [-0.4, -0.2) is 58.4 Å². The molecule has 0 amide bonds. The maximum absolute atomic E-state index is 13.2. The van der Waals surface area contributed by atoms with Crippen LogP contribution in [0.1, 0.15) is 17.2 Å². The highest BCUT2D eigenvalue weighted by atomic mass is 35.5. The second-order valence-corrected chi connectivity index (χ2v) is 8.73. The normalized spacial score (nSPS) is 23.9. The van der Waals surface area contributed by atoms with Crippen LogP contribution in [0.5, 0.6) is 0 Å². The van der Waals surface area contributed by atoms with Crippen molar-refractivity contribution in [2.24, 2.45) is 0 Å². The van der Waals surface area contributed by atoms with Crippen LogP contribution in [0.25, 0.3) is 0 Å². The van der Waals surface area contributed by atoms with Crippen molar-refractivity contribution in [2.45, 2.75) is 22.3 Å². The van der Waals surface area contributed by atoms with Crippen LogP contribution in [-0.2, 0) is 17.2 Å². The van der Waals surface area contributed by atoms with E-state index in [2.05, 4.69) is 15.9 Å². The average Bonchev–Trinajstić information content (AvgIpc) is 2.78. The minimum Gasteiger partial charge on any atom is -0.395 e. The Hall–Kier alpha value is -1.24. The molecule has 2 aromatic carbocycles. The smallest absolute Gasteiger partial charge is 0.0855 e. The molecule has 0 aliphatic carbocycles. The van der Waals surface area contributed by atoms with Gasteiger partial charge in [0.1, 0.15) is 0 Å². The van der Waals surface area contributed by atoms with Crippen LogP contribution in [0.3, 0.4) is 0 Å². The first-order valence-electron chi connectivity index (χ1n) is 9.04. The molecule has 0 aromatic heterocycles.